The highest BCUT2D eigenvalue weighted by Gasteiger charge is 2.25. The zero-order valence-electron chi connectivity index (χ0n) is 11.1. The van der Waals surface area contributed by atoms with Gasteiger partial charge in [0.2, 0.25) is 10.0 Å². The SMILES string of the molecule is CCOC(=O)CCN(C)S(=O)(=O)c1cc(F)ccc1F. The lowest BCUT2D eigenvalue weighted by Crippen LogP contribution is -2.30. The number of rotatable bonds is 6. The molecule has 0 bridgehead atoms. The fourth-order valence-corrected chi connectivity index (χ4v) is 2.69. The number of sulfonamides is 1. The van der Waals surface area contributed by atoms with Gasteiger partial charge in [0.05, 0.1) is 13.0 Å². The Kier molecular flexibility index (Phi) is 5.58. The maximum absolute atomic E-state index is 13.5. The molecule has 112 valence electrons. The van der Waals surface area contributed by atoms with E-state index in [1.807, 2.05) is 0 Å². The summed E-state index contributed by atoms with van der Waals surface area (Å²) in [6.07, 6.45) is -0.166. The van der Waals surface area contributed by atoms with Gasteiger partial charge in [0.1, 0.15) is 16.5 Å². The first-order valence-electron chi connectivity index (χ1n) is 5.86. The number of nitrogens with zero attached hydrogens (tertiary/aromatic N) is 1. The predicted molar refractivity (Wildman–Crippen MR) is 67.4 cm³/mol. The van der Waals surface area contributed by atoms with Crippen molar-refractivity contribution in [2.45, 2.75) is 18.2 Å². The third-order valence-electron chi connectivity index (χ3n) is 2.52. The van der Waals surface area contributed by atoms with Crippen LogP contribution >= 0.6 is 0 Å². The molecule has 0 aromatic heterocycles. The van der Waals surface area contributed by atoms with Crippen molar-refractivity contribution < 1.29 is 26.7 Å². The molecule has 0 spiro atoms. The molecule has 0 saturated heterocycles. The number of halogens is 2. The summed E-state index contributed by atoms with van der Waals surface area (Å²) >= 11 is 0. The summed E-state index contributed by atoms with van der Waals surface area (Å²) in [5.74, 6) is -2.47. The summed E-state index contributed by atoms with van der Waals surface area (Å²) in [4.78, 5) is 10.4. The molecule has 5 nitrogen and oxygen atoms in total. The summed E-state index contributed by atoms with van der Waals surface area (Å²) < 4.78 is 56.0. The third-order valence-corrected chi connectivity index (χ3v) is 4.39. The standard InChI is InChI=1S/C12H15F2NO4S/c1-3-19-12(16)6-7-15(2)20(17,18)11-8-9(13)4-5-10(11)14/h4-5,8H,3,6-7H2,1-2H3. The molecular formula is C12H15F2NO4S. The van der Waals surface area contributed by atoms with Gasteiger partial charge in [-0.3, -0.25) is 4.79 Å². The fourth-order valence-electron chi connectivity index (χ4n) is 1.44. The first-order valence-corrected chi connectivity index (χ1v) is 7.30. The Bertz CT molecular complexity index is 589. The minimum Gasteiger partial charge on any atom is -0.466 e. The van der Waals surface area contributed by atoms with Crippen LogP contribution in [0.5, 0.6) is 0 Å². The largest absolute Gasteiger partial charge is 0.466 e. The van der Waals surface area contributed by atoms with E-state index in [9.17, 15) is 22.0 Å². The number of hydrogen-bond acceptors (Lipinski definition) is 4. The third kappa shape index (κ3) is 3.97. The molecule has 0 unspecified atom stereocenters. The van der Waals surface area contributed by atoms with Crippen LogP contribution in [0.15, 0.2) is 23.1 Å². The molecule has 0 N–H and O–H groups in total. The normalized spacial score (nSPS) is 11.7. The van der Waals surface area contributed by atoms with Crippen molar-refractivity contribution in [1.82, 2.24) is 4.31 Å². The van der Waals surface area contributed by atoms with E-state index < -0.39 is 32.5 Å². The second-order valence-electron chi connectivity index (χ2n) is 3.96. The van der Waals surface area contributed by atoms with Gasteiger partial charge in [-0.2, -0.15) is 0 Å². The number of benzene rings is 1. The van der Waals surface area contributed by atoms with Gasteiger partial charge in [0, 0.05) is 13.6 Å². The number of carbonyl (C=O) groups excluding carboxylic acids is 1. The predicted octanol–water partition coefficient (Wildman–Crippen LogP) is 1.54. The van der Waals surface area contributed by atoms with E-state index in [0.29, 0.717) is 6.07 Å². The summed E-state index contributed by atoms with van der Waals surface area (Å²) in [5, 5.41) is 0. The van der Waals surface area contributed by atoms with Gasteiger partial charge in [-0.05, 0) is 25.1 Å². The summed E-state index contributed by atoms with van der Waals surface area (Å²) in [5.41, 5.74) is 0. The van der Waals surface area contributed by atoms with Crippen molar-refractivity contribution in [2.75, 3.05) is 20.2 Å². The van der Waals surface area contributed by atoms with Crippen molar-refractivity contribution in [3.8, 4) is 0 Å². The van der Waals surface area contributed by atoms with Crippen LogP contribution in [0, 0.1) is 11.6 Å². The van der Waals surface area contributed by atoms with E-state index in [1.165, 1.54) is 7.05 Å². The lowest BCUT2D eigenvalue weighted by Gasteiger charge is -2.17. The number of ether oxygens (including phenoxy) is 1. The molecule has 0 fully saturated rings. The van der Waals surface area contributed by atoms with Gasteiger partial charge in [-0.25, -0.2) is 21.5 Å². The molecule has 0 aliphatic carbocycles. The van der Waals surface area contributed by atoms with Gasteiger partial charge >= 0.3 is 5.97 Å². The summed E-state index contributed by atoms with van der Waals surface area (Å²) in [7, 11) is -3.01. The topological polar surface area (TPSA) is 63.7 Å². The molecule has 1 rings (SSSR count). The average Bonchev–Trinajstić information content (AvgIpc) is 2.38. The molecule has 20 heavy (non-hydrogen) atoms. The van der Waals surface area contributed by atoms with Gasteiger partial charge < -0.3 is 4.74 Å². The molecule has 0 heterocycles. The molecule has 0 atom stereocenters. The molecule has 0 amide bonds. The molecule has 8 heteroatoms. The Balaban J connectivity index is 2.87. The van der Waals surface area contributed by atoms with Crippen molar-refractivity contribution in [2.24, 2.45) is 0 Å². The summed E-state index contributed by atoms with van der Waals surface area (Å²) in [6.45, 7) is 1.63. The van der Waals surface area contributed by atoms with E-state index in [4.69, 9.17) is 0 Å². The van der Waals surface area contributed by atoms with E-state index in [1.54, 1.807) is 6.92 Å². The van der Waals surface area contributed by atoms with Gasteiger partial charge in [0.15, 0.2) is 0 Å². The van der Waals surface area contributed by atoms with Crippen LogP contribution in [0.3, 0.4) is 0 Å². The smallest absolute Gasteiger partial charge is 0.307 e. The zero-order valence-corrected chi connectivity index (χ0v) is 11.9. The van der Waals surface area contributed by atoms with Gasteiger partial charge in [0.25, 0.3) is 0 Å². The highest BCUT2D eigenvalue weighted by atomic mass is 32.2. The first kappa shape index (κ1) is 16.5. The molecule has 0 aliphatic heterocycles. The van der Waals surface area contributed by atoms with Crippen LogP contribution in [0.4, 0.5) is 8.78 Å². The number of carbonyl (C=O) groups is 1. The Hall–Kier alpha value is -1.54. The maximum atomic E-state index is 13.5. The van der Waals surface area contributed by atoms with Crippen molar-refractivity contribution >= 4 is 16.0 Å². The second-order valence-corrected chi connectivity index (χ2v) is 5.97. The Morgan fingerprint density at radius 1 is 1.35 bits per heavy atom. The summed E-state index contributed by atoms with van der Waals surface area (Å²) in [6, 6.07) is 2.17. The molecule has 0 radical (unpaired) electrons. The van der Waals surface area contributed by atoms with Crippen LogP contribution < -0.4 is 0 Å². The lowest BCUT2D eigenvalue weighted by molar-refractivity contribution is -0.143. The minimum atomic E-state index is -4.19. The van der Waals surface area contributed by atoms with Crippen LogP contribution in [-0.4, -0.2) is 38.9 Å². The lowest BCUT2D eigenvalue weighted by atomic mass is 10.3. The van der Waals surface area contributed by atoms with Gasteiger partial charge in [-0.15, -0.1) is 0 Å². The van der Waals surface area contributed by atoms with Crippen molar-refractivity contribution in [3.63, 3.8) is 0 Å². The van der Waals surface area contributed by atoms with E-state index in [-0.39, 0.29) is 19.6 Å². The van der Waals surface area contributed by atoms with Crippen LogP contribution in [0.1, 0.15) is 13.3 Å². The molecule has 1 aromatic rings. The Morgan fingerprint density at radius 2 is 2.00 bits per heavy atom. The van der Waals surface area contributed by atoms with Crippen LogP contribution in [0.2, 0.25) is 0 Å². The average molecular weight is 307 g/mol. The van der Waals surface area contributed by atoms with Crippen LogP contribution in [-0.2, 0) is 19.6 Å². The molecular weight excluding hydrogens is 292 g/mol. The van der Waals surface area contributed by atoms with E-state index in [0.717, 1.165) is 16.4 Å². The van der Waals surface area contributed by atoms with Crippen LogP contribution in [0.25, 0.3) is 0 Å². The monoisotopic (exact) mass is 307 g/mol. The Labute approximate surface area is 116 Å². The highest BCUT2D eigenvalue weighted by Crippen LogP contribution is 2.19. The first-order chi connectivity index (χ1) is 9.28. The number of esters is 1. The molecule has 1 aromatic carbocycles. The zero-order chi connectivity index (χ0) is 15.3. The van der Waals surface area contributed by atoms with E-state index in [2.05, 4.69) is 4.74 Å². The molecule has 0 aliphatic rings. The fraction of sp³-hybridized carbons (Fsp3) is 0.417. The van der Waals surface area contributed by atoms with Crippen molar-refractivity contribution in [3.05, 3.63) is 29.8 Å². The highest BCUT2D eigenvalue weighted by molar-refractivity contribution is 7.89. The maximum Gasteiger partial charge on any atom is 0.307 e. The second kappa shape index (κ2) is 6.76. The Morgan fingerprint density at radius 3 is 2.60 bits per heavy atom. The number of hydrogen-bond donors (Lipinski definition) is 0. The minimum absolute atomic E-state index is 0.166. The van der Waals surface area contributed by atoms with E-state index >= 15 is 0 Å². The quantitative estimate of drug-likeness (QED) is 0.748. The van der Waals surface area contributed by atoms with Gasteiger partial charge in [-0.1, -0.05) is 0 Å². The molecule has 0 saturated carbocycles. The van der Waals surface area contributed by atoms with Crippen molar-refractivity contribution in [1.29, 1.82) is 0 Å².